The second-order valence-corrected chi connectivity index (χ2v) is 8.02. The number of rotatable bonds is 3. The van der Waals surface area contributed by atoms with E-state index in [4.69, 9.17) is 16.3 Å². The molecule has 29 heavy (non-hydrogen) atoms. The average Bonchev–Trinajstić information content (AvgIpc) is 3.05. The number of nitrogens with one attached hydrogen (secondary N) is 1. The van der Waals surface area contributed by atoms with Gasteiger partial charge in [0, 0.05) is 37.9 Å². The van der Waals surface area contributed by atoms with Crippen molar-refractivity contribution in [2.75, 3.05) is 43.5 Å². The molecule has 0 saturated carbocycles. The standard InChI is InChI=1S/C18H16ClF2N5O2S/c1-28-16-15(23-17-13(22-16)9-14(19)29-17)24-18(27)26-4-2-25(3-5-26)12-7-10(20)6-11(21)8-12/h6-9H,2-5H2,1H3,(H,23,24,27). The van der Waals surface area contributed by atoms with Crippen LogP contribution in [0, 0.1) is 11.6 Å². The number of amides is 2. The summed E-state index contributed by atoms with van der Waals surface area (Å²) in [5.74, 6) is -0.864. The number of anilines is 2. The van der Waals surface area contributed by atoms with Gasteiger partial charge < -0.3 is 14.5 Å². The van der Waals surface area contributed by atoms with Gasteiger partial charge in [0.25, 0.3) is 5.88 Å². The summed E-state index contributed by atoms with van der Waals surface area (Å²) >= 11 is 7.24. The first kappa shape index (κ1) is 19.6. The van der Waals surface area contributed by atoms with Gasteiger partial charge in [-0.1, -0.05) is 11.6 Å². The number of nitrogens with zero attached hydrogens (tertiary/aromatic N) is 4. The molecule has 0 aliphatic carbocycles. The minimum Gasteiger partial charge on any atom is -0.478 e. The van der Waals surface area contributed by atoms with E-state index >= 15 is 0 Å². The van der Waals surface area contributed by atoms with E-state index in [9.17, 15) is 13.6 Å². The Labute approximate surface area is 173 Å². The summed E-state index contributed by atoms with van der Waals surface area (Å²) in [6, 6.07) is 4.71. The highest BCUT2D eigenvalue weighted by molar-refractivity contribution is 7.22. The Kier molecular flexibility index (Phi) is 5.37. The molecule has 1 aliphatic heterocycles. The molecule has 152 valence electrons. The molecule has 4 rings (SSSR count). The molecule has 1 aliphatic rings. The van der Waals surface area contributed by atoms with Crippen molar-refractivity contribution >= 4 is 50.8 Å². The molecule has 0 atom stereocenters. The molecule has 2 aromatic heterocycles. The molecular weight excluding hydrogens is 424 g/mol. The van der Waals surface area contributed by atoms with E-state index in [1.165, 1.54) is 30.6 Å². The van der Waals surface area contributed by atoms with Crippen molar-refractivity contribution in [1.29, 1.82) is 0 Å². The van der Waals surface area contributed by atoms with Crippen molar-refractivity contribution < 1.29 is 18.3 Å². The van der Waals surface area contributed by atoms with Crippen LogP contribution in [-0.4, -0.2) is 54.2 Å². The maximum absolute atomic E-state index is 13.4. The van der Waals surface area contributed by atoms with Gasteiger partial charge in [0.05, 0.1) is 11.4 Å². The number of thiophene rings is 1. The monoisotopic (exact) mass is 439 g/mol. The number of carbonyl (C=O) groups excluding carboxylic acids is 1. The Bertz CT molecular complexity index is 1050. The van der Waals surface area contributed by atoms with Crippen LogP contribution in [0.5, 0.6) is 5.88 Å². The fourth-order valence-corrected chi connectivity index (χ4v) is 4.13. The van der Waals surface area contributed by atoms with E-state index in [2.05, 4.69) is 15.3 Å². The Morgan fingerprint density at radius 3 is 2.48 bits per heavy atom. The van der Waals surface area contributed by atoms with Crippen LogP contribution < -0.4 is 15.0 Å². The molecule has 11 heteroatoms. The number of carbonyl (C=O) groups is 1. The van der Waals surface area contributed by atoms with E-state index < -0.39 is 11.6 Å². The second-order valence-electron chi connectivity index (χ2n) is 6.35. The number of ether oxygens (including phenoxy) is 1. The van der Waals surface area contributed by atoms with Gasteiger partial charge in [0.1, 0.15) is 22.0 Å². The number of fused-ring (bicyclic) bond motifs is 1. The molecule has 3 heterocycles. The first-order chi connectivity index (χ1) is 13.9. The molecule has 0 bridgehead atoms. The zero-order chi connectivity index (χ0) is 20.5. The molecule has 1 N–H and O–H groups in total. The SMILES string of the molecule is COc1nc2cc(Cl)sc2nc1NC(=O)N1CCN(c2cc(F)cc(F)c2)CC1. The van der Waals surface area contributed by atoms with Crippen LogP contribution in [0.3, 0.4) is 0 Å². The molecule has 1 saturated heterocycles. The normalized spacial score (nSPS) is 14.3. The average molecular weight is 440 g/mol. The van der Waals surface area contributed by atoms with Gasteiger partial charge in [-0.05, 0) is 18.2 Å². The van der Waals surface area contributed by atoms with E-state index in [1.807, 2.05) is 4.90 Å². The van der Waals surface area contributed by atoms with E-state index in [0.29, 0.717) is 46.5 Å². The Morgan fingerprint density at radius 1 is 1.14 bits per heavy atom. The molecular formula is C18H16ClF2N5O2S. The van der Waals surface area contributed by atoms with Gasteiger partial charge >= 0.3 is 6.03 Å². The summed E-state index contributed by atoms with van der Waals surface area (Å²) in [6.07, 6.45) is 0. The fraction of sp³-hybridized carbons (Fsp3) is 0.278. The summed E-state index contributed by atoms with van der Waals surface area (Å²) in [5.41, 5.74) is 1.04. The van der Waals surface area contributed by atoms with Gasteiger partial charge in [0.2, 0.25) is 0 Å². The molecule has 1 aromatic carbocycles. The number of aromatic nitrogens is 2. The van der Waals surface area contributed by atoms with Crippen molar-refractivity contribution in [2.45, 2.75) is 0 Å². The number of methoxy groups -OCH3 is 1. The smallest absolute Gasteiger partial charge is 0.323 e. The zero-order valence-corrected chi connectivity index (χ0v) is 16.9. The third-order valence-electron chi connectivity index (χ3n) is 4.50. The van der Waals surface area contributed by atoms with Crippen LogP contribution >= 0.6 is 22.9 Å². The maximum Gasteiger partial charge on any atom is 0.323 e. The van der Waals surface area contributed by atoms with Crippen LogP contribution in [0.4, 0.5) is 25.1 Å². The Balaban J connectivity index is 1.44. The highest BCUT2D eigenvalue weighted by Gasteiger charge is 2.24. The predicted octanol–water partition coefficient (Wildman–Crippen LogP) is 3.99. The summed E-state index contributed by atoms with van der Waals surface area (Å²) in [7, 11) is 1.44. The minimum absolute atomic E-state index is 0.189. The van der Waals surface area contributed by atoms with Gasteiger partial charge in [-0.2, -0.15) is 0 Å². The Morgan fingerprint density at radius 2 is 1.83 bits per heavy atom. The minimum atomic E-state index is -0.630. The summed E-state index contributed by atoms with van der Waals surface area (Å²) < 4.78 is 32.6. The van der Waals surface area contributed by atoms with Crippen molar-refractivity contribution in [3.8, 4) is 5.88 Å². The highest BCUT2D eigenvalue weighted by atomic mass is 35.5. The topological polar surface area (TPSA) is 70.6 Å². The molecule has 0 spiro atoms. The predicted molar refractivity (Wildman–Crippen MR) is 108 cm³/mol. The highest BCUT2D eigenvalue weighted by Crippen LogP contribution is 2.31. The van der Waals surface area contributed by atoms with Crippen molar-refractivity contribution in [3.05, 3.63) is 40.2 Å². The number of benzene rings is 1. The maximum atomic E-state index is 13.4. The Hall–Kier alpha value is -2.72. The number of piperazine rings is 1. The van der Waals surface area contributed by atoms with E-state index in [1.54, 1.807) is 11.0 Å². The lowest BCUT2D eigenvalue weighted by Crippen LogP contribution is -2.50. The van der Waals surface area contributed by atoms with Crippen LogP contribution in [0.15, 0.2) is 24.3 Å². The number of halogens is 3. The number of hydrogen-bond donors (Lipinski definition) is 1. The van der Waals surface area contributed by atoms with E-state index in [0.717, 1.165) is 6.07 Å². The van der Waals surface area contributed by atoms with Crippen molar-refractivity contribution in [2.24, 2.45) is 0 Å². The molecule has 7 nitrogen and oxygen atoms in total. The van der Waals surface area contributed by atoms with Crippen LogP contribution in [0.2, 0.25) is 4.34 Å². The summed E-state index contributed by atoms with van der Waals surface area (Å²) in [5, 5.41) is 2.72. The number of urea groups is 1. The fourth-order valence-electron chi connectivity index (χ4n) is 3.11. The summed E-state index contributed by atoms with van der Waals surface area (Å²) in [4.78, 5) is 25.4. The van der Waals surface area contributed by atoms with Crippen LogP contribution in [0.25, 0.3) is 10.3 Å². The van der Waals surface area contributed by atoms with Gasteiger partial charge in [-0.3, -0.25) is 5.32 Å². The summed E-state index contributed by atoms with van der Waals surface area (Å²) in [6.45, 7) is 1.65. The van der Waals surface area contributed by atoms with Crippen molar-refractivity contribution in [1.82, 2.24) is 14.9 Å². The van der Waals surface area contributed by atoms with Crippen molar-refractivity contribution in [3.63, 3.8) is 0 Å². The van der Waals surface area contributed by atoms with Crippen LogP contribution in [0.1, 0.15) is 0 Å². The quantitative estimate of drug-likeness (QED) is 0.668. The lowest BCUT2D eigenvalue weighted by molar-refractivity contribution is 0.208. The van der Waals surface area contributed by atoms with E-state index in [-0.39, 0.29) is 17.7 Å². The van der Waals surface area contributed by atoms with Gasteiger partial charge in [-0.15, -0.1) is 11.3 Å². The lowest BCUT2D eigenvalue weighted by Gasteiger charge is -2.36. The third kappa shape index (κ3) is 4.18. The molecule has 2 amide bonds. The molecule has 0 radical (unpaired) electrons. The van der Waals surface area contributed by atoms with Gasteiger partial charge in [0.15, 0.2) is 5.82 Å². The van der Waals surface area contributed by atoms with Gasteiger partial charge in [-0.25, -0.2) is 23.5 Å². The lowest BCUT2D eigenvalue weighted by atomic mass is 10.2. The third-order valence-corrected chi connectivity index (χ3v) is 5.65. The molecule has 1 fully saturated rings. The zero-order valence-electron chi connectivity index (χ0n) is 15.3. The largest absolute Gasteiger partial charge is 0.478 e. The van der Waals surface area contributed by atoms with Crippen LogP contribution in [-0.2, 0) is 0 Å². The second kappa shape index (κ2) is 7.96. The molecule has 0 unspecified atom stereocenters. The number of hydrogen-bond acceptors (Lipinski definition) is 6. The molecule has 3 aromatic rings. The first-order valence-corrected chi connectivity index (χ1v) is 9.90. The first-order valence-electron chi connectivity index (χ1n) is 8.71.